The molecule has 3 fully saturated rings. The van der Waals surface area contributed by atoms with Crippen molar-refractivity contribution in [1.29, 1.82) is 0 Å². The summed E-state index contributed by atoms with van der Waals surface area (Å²) in [6.07, 6.45) is -5.52. The molecule has 0 aromatic heterocycles. The number of carbonyl (C=O) groups excluding carboxylic acids is 7. The van der Waals surface area contributed by atoms with Gasteiger partial charge >= 0.3 is 41.8 Å². The minimum atomic E-state index is -2.44. The van der Waals surface area contributed by atoms with Crippen LogP contribution >= 0.6 is 0 Å². The van der Waals surface area contributed by atoms with Gasteiger partial charge in [-0.1, -0.05) is 54.5 Å². The molecule has 0 unspecified atom stereocenters. The van der Waals surface area contributed by atoms with Crippen LogP contribution in [0.2, 0.25) is 0 Å². The fourth-order valence-corrected chi connectivity index (χ4v) is 8.35. The quantitative estimate of drug-likeness (QED) is 0.160. The fourth-order valence-electron chi connectivity index (χ4n) is 8.35. The Kier molecular flexibility index (Phi) is 14.1. The van der Waals surface area contributed by atoms with Crippen molar-refractivity contribution in [3.63, 3.8) is 0 Å². The van der Waals surface area contributed by atoms with E-state index in [1.807, 2.05) is 13.8 Å². The summed E-state index contributed by atoms with van der Waals surface area (Å²) in [7, 11) is 0. The van der Waals surface area contributed by atoms with Crippen LogP contribution in [-0.4, -0.2) is 108 Å². The van der Waals surface area contributed by atoms with Crippen molar-refractivity contribution in [2.75, 3.05) is 13.2 Å². The minimum Gasteiger partial charge on any atom is -0.461 e. The van der Waals surface area contributed by atoms with Gasteiger partial charge in [-0.2, -0.15) is 0 Å². The van der Waals surface area contributed by atoms with E-state index >= 15 is 0 Å². The van der Waals surface area contributed by atoms with Crippen LogP contribution in [-0.2, 0) is 71.5 Å². The van der Waals surface area contributed by atoms with Crippen molar-refractivity contribution >= 4 is 41.8 Å². The van der Waals surface area contributed by atoms with E-state index in [0.29, 0.717) is 0 Å². The molecule has 2 saturated heterocycles. The van der Waals surface area contributed by atoms with E-state index in [0.717, 1.165) is 20.8 Å². The number of fused-ring (bicyclic) bond motifs is 3. The first-order valence-corrected chi connectivity index (χ1v) is 19.5. The van der Waals surface area contributed by atoms with Gasteiger partial charge in [0.05, 0.1) is 17.9 Å². The van der Waals surface area contributed by atoms with Crippen LogP contribution in [0.5, 0.6) is 0 Å². The van der Waals surface area contributed by atoms with Crippen LogP contribution in [0.1, 0.15) is 95.4 Å². The second-order valence-electron chi connectivity index (χ2n) is 17.1. The van der Waals surface area contributed by atoms with Gasteiger partial charge in [-0.3, -0.25) is 33.6 Å². The average Bonchev–Trinajstić information content (AvgIpc) is 3.82. The highest BCUT2D eigenvalue weighted by Crippen LogP contribution is 2.63. The Balaban J connectivity index is 2.12. The normalized spacial score (nSPS) is 35.8. The molecule has 16 heteroatoms. The molecular weight excluding hydrogens is 748 g/mol. The maximum atomic E-state index is 13.6. The Hall–Kier alpha value is -4.31. The SMILES string of the molecule is CC(=O)O[C@H]1/C=C\C(COC(=O)CC(C)C)=C/[C@@H]2OC(=O)[C@H](C)[C@@]2(O)[C@@H](OC(C)=O)[C@H]2[C@@]3(CO3)[C@H](OC(=O)CC(C)C)[C@H](OC(=O)CC(C)C)[C@H](OC(C)=O)[C@]12C. The lowest BCUT2D eigenvalue weighted by Crippen LogP contribution is -2.76. The molecule has 0 radical (unpaired) electrons. The van der Waals surface area contributed by atoms with E-state index < -0.39 is 107 Å². The third kappa shape index (κ3) is 9.70. The molecular formula is C41H58O16. The summed E-state index contributed by atoms with van der Waals surface area (Å²) in [5, 5.41) is 13.1. The number of epoxide rings is 1. The summed E-state index contributed by atoms with van der Waals surface area (Å²) < 4.78 is 48.0. The number of aliphatic hydroxyl groups is 1. The molecule has 2 aliphatic heterocycles. The van der Waals surface area contributed by atoms with Crippen LogP contribution in [0, 0.1) is 35.0 Å². The Morgan fingerprint density at radius 1 is 0.772 bits per heavy atom. The summed E-state index contributed by atoms with van der Waals surface area (Å²) in [5.74, 6) is -8.72. The van der Waals surface area contributed by atoms with E-state index in [2.05, 4.69) is 0 Å². The monoisotopic (exact) mass is 806 g/mol. The molecule has 0 aromatic rings. The third-order valence-corrected chi connectivity index (χ3v) is 10.9. The highest BCUT2D eigenvalue weighted by molar-refractivity contribution is 5.78. The smallest absolute Gasteiger partial charge is 0.312 e. The Labute approximate surface area is 333 Å². The van der Waals surface area contributed by atoms with Gasteiger partial charge in [0.15, 0.2) is 30.0 Å². The number of hydrogen-bond acceptors (Lipinski definition) is 16. The third-order valence-electron chi connectivity index (χ3n) is 10.9. The van der Waals surface area contributed by atoms with Gasteiger partial charge in [0.1, 0.15) is 24.4 Å². The van der Waals surface area contributed by atoms with Crippen molar-refractivity contribution < 1.29 is 76.6 Å². The zero-order chi connectivity index (χ0) is 42.8. The molecule has 11 atom stereocenters. The standard InChI is InChI=1S/C41H58O16/c1-20(2)14-30(45)50-18-27-12-13-28(52-24(8)42)39(11)34(37(54-26(10)44)41(49)23(7)38(48)55-29(41)17-27)40(19-51-40)36(57-32(47)16-22(5)6)33(35(39)53-25(9)43)56-31(46)15-21(3)4/h12-13,17,20-23,28-29,33-37,49H,14-16,18-19H2,1-11H3/b13-12-,27-17+/t23-,28-,29-,33+,34+,35-,36+,37-,39+,40-,41-/m0/s1. The van der Waals surface area contributed by atoms with Crippen molar-refractivity contribution in [2.45, 2.75) is 143 Å². The Morgan fingerprint density at radius 3 is 1.79 bits per heavy atom. The minimum absolute atomic E-state index is 0.0277. The molecule has 1 spiro atoms. The number of carbonyl (C=O) groups is 7. The first-order valence-electron chi connectivity index (χ1n) is 19.5. The zero-order valence-electron chi connectivity index (χ0n) is 34.7. The second kappa shape index (κ2) is 17.7. The summed E-state index contributed by atoms with van der Waals surface area (Å²) in [6, 6.07) is 0. The van der Waals surface area contributed by atoms with E-state index in [-0.39, 0.29) is 55.8 Å². The predicted molar refractivity (Wildman–Crippen MR) is 197 cm³/mol. The predicted octanol–water partition coefficient (Wildman–Crippen LogP) is 3.48. The molecule has 0 aromatic carbocycles. The summed E-state index contributed by atoms with van der Waals surface area (Å²) in [6.45, 7) is 16.4. The van der Waals surface area contributed by atoms with Crippen molar-refractivity contribution in [1.82, 2.24) is 0 Å². The van der Waals surface area contributed by atoms with Crippen molar-refractivity contribution in [3.8, 4) is 0 Å². The van der Waals surface area contributed by atoms with E-state index in [9.17, 15) is 38.7 Å². The molecule has 0 bridgehead atoms. The number of hydrogen-bond donors (Lipinski definition) is 1. The molecule has 0 amide bonds. The molecule has 16 nitrogen and oxygen atoms in total. The lowest BCUT2D eigenvalue weighted by Gasteiger charge is -2.59. The number of ether oxygens (including phenoxy) is 8. The number of rotatable bonds is 13. The number of esters is 7. The van der Waals surface area contributed by atoms with Crippen LogP contribution in [0.3, 0.4) is 0 Å². The van der Waals surface area contributed by atoms with Gasteiger partial charge in [0.2, 0.25) is 0 Å². The van der Waals surface area contributed by atoms with Crippen LogP contribution in [0.15, 0.2) is 23.8 Å². The van der Waals surface area contributed by atoms with E-state index in [1.54, 1.807) is 27.7 Å². The molecule has 2 heterocycles. The van der Waals surface area contributed by atoms with Gasteiger partial charge < -0.3 is 43.0 Å². The van der Waals surface area contributed by atoms with E-state index in [4.69, 9.17) is 37.9 Å². The first kappa shape index (κ1) is 45.4. The summed E-state index contributed by atoms with van der Waals surface area (Å²) in [4.78, 5) is 92.9. The second-order valence-corrected chi connectivity index (χ2v) is 17.1. The Morgan fingerprint density at radius 2 is 1.28 bits per heavy atom. The van der Waals surface area contributed by atoms with E-state index in [1.165, 1.54) is 32.1 Å². The summed E-state index contributed by atoms with van der Waals surface area (Å²) >= 11 is 0. The molecule has 1 saturated carbocycles. The van der Waals surface area contributed by atoms with Gasteiger partial charge in [0.25, 0.3) is 0 Å². The van der Waals surface area contributed by atoms with Gasteiger partial charge in [0, 0.05) is 46.0 Å². The first-order chi connectivity index (χ1) is 26.5. The summed E-state index contributed by atoms with van der Waals surface area (Å²) in [5.41, 5.74) is -5.94. The Bertz CT molecular complexity index is 1640. The highest BCUT2D eigenvalue weighted by Gasteiger charge is 2.81. The van der Waals surface area contributed by atoms with Crippen LogP contribution < -0.4 is 0 Å². The molecule has 318 valence electrons. The highest BCUT2D eigenvalue weighted by atomic mass is 16.7. The molecule has 4 rings (SSSR count). The lowest BCUT2D eigenvalue weighted by atomic mass is 9.51. The van der Waals surface area contributed by atoms with Gasteiger partial charge in [-0.05, 0) is 42.4 Å². The van der Waals surface area contributed by atoms with Gasteiger partial charge in [-0.15, -0.1) is 0 Å². The molecule has 57 heavy (non-hydrogen) atoms. The van der Waals surface area contributed by atoms with Gasteiger partial charge in [-0.25, -0.2) is 0 Å². The molecule has 4 aliphatic rings. The average molecular weight is 807 g/mol. The lowest BCUT2D eigenvalue weighted by molar-refractivity contribution is -0.280. The maximum absolute atomic E-state index is 13.6. The van der Waals surface area contributed by atoms with Crippen molar-refractivity contribution in [2.24, 2.45) is 35.0 Å². The maximum Gasteiger partial charge on any atom is 0.312 e. The topological polar surface area (TPSA) is 217 Å². The van der Waals surface area contributed by atoms with Crippen LogP contribution in [0.25, 0.3) is 0 Å². The molecule has 2 aliphatic carbocycles. The van der Waals surface area contributed by atoms with Crippen LogP contribution in [0.4, 0.5) is 0 Å². The zero-order valence-corrected chi connectivity index (χ0v) is 34.7. The largest absolute Gasteiger partial charge is 0.461 e. The molecule has 1 N–H and O–H groups in total. The van der Waals surface area contributed by atoms with Crippen molar-refractivity contribution in [3.05, 3.63) is 23.8 Å². The fraction of sp³-hybridized carbons (Fsp3) is 0.732.